The minimum atomic E-state index is -0.236. The van der Waals surface area contributed by atoms with Crippen molar-refractivity contribution in [3.63, 3.8) is 0 Å². The van der Waals surface area contributed by atoms with Crippen LogP contribution in [0.25, 0.3) is 0 Å². The number of benzene rings is 1. The predicted octanol–water partition coefficient (Wildman–Crippen LogP) is 3.57. The predicted molar refractivity (Wildman–Crippen MR) is 88.8 cm³/mol. The second kappa shape index (κ2) is 7.27. The maximum Gasteiger partial charge on any atom is 0.230 e. The summed E-state index contributed by atoms with van der Waals surface area (Å²) in [5, 5.41) is 6.41. The highest BCUT2D eigenvalue weighted by Gasteiger charge is 2.38. The van der Waals surface area contributed by atoms with Crippen molar-refractivity contribution in [3.8, 4) is 5.75 Å². The second-order valence-corrected chi connectivity index (χ2v) is 6.44. The molecule has 0 radical (unpaired) electrons. The lowest BCUT2D eigenvalue weighted by atomic mass is 9.74. The van der Waals surface area contributed by atoms with Crippen molar-refractivity contribution in [1.82, 2.24) is 5.32 Å². The number of rotatable bonds is 5. The summed E-state index contributed by atoms with van der Waals surface area (Å²) in [5.41, 5.74) is 0.550. The van der Waals surface area contributed by atoms with Crippen LogP contribution in [0.4, 0.5) is 5.69 Å². The smallest absolute Gasteiger partial charge is 0.230 e. The fourth-order valence-corrected chi connectivity index (χ4v) is 3.38. The number of hydrogen-bond acceptors (Lipinski definition) is 3. The minimum Gasteiger partial charge on any atom is -0.495 e. The van der Waals surface area contributed by atoms with Gasteiger partial charge in [-0.05, 0) is 60.4 Å². The van der Waals surface area contributed by atoms with Gasteiger partial charge in [0.2, 0.25) is 5.91 Å². The number of halogens is 1. The van der Waals surface area contributed by atoms with E-state index in [1.807, 2.05) is 18.2 Å². The molecule has 0 aliphatic carbocycles. The van der Waals surface area contributed by atoms with Gasteiger partial charge in [0.15, 0.2) is 0 Å². The molecule has 5 heteroatoms. The van der Waals surface area contributed by atoms with E-state index in [2.05, 4.69) is 33.5 Å². The highest BCUT2D eigenvalue weighted by molar-refractivity contribution is 9.10. The summed E-state index contributed by atoms with van der Waals surface area (Å²) >= 11 is 3.42. The van der Waals surface area contributed by atoms with E-state index in [9.17, 15) is 4.79 Å². The number of amides is 1. The molecule has 0 unspecified atom stereocenters. The molecule has 1 heterocycles. The molecule has 1 aromatic rings. The molecule has 1 amide bonds. The molecule has 0 aromatic heterocycles. The maximum atomic E-state index is 12.8. The van der Waals surface area contributed by atoms with E-state index >= 15 is 0 Å². The number of hydrogen-bond donors (Lipinski definition) is 2. The van der Waals surface area contributed by atoms with E-state index in [1.165, 1.54) is 0 Å². The first-order valence-electron chi connectivity index (χ1n) is 7.47. The molecule has 0 bridgehead atoms. The zero-order chi connectivity index (χ0) is 15.3. The Labute approximate surface area is 134 Å². The summed E-state index contributed by atoms with van der Waals surface area (Å²) in [7, 11) is 1.62. The van der Waals surface area contributed by atoms with Gasteiger partial charge in [0.1, 0.15) is 5.75 Å². The highest BCUT2D eigenvalue weighted by atomic mass is 79.9. The summed E-state index contributed by atoms with van der Waals surface area (Å²) in [6.07, 6.45) is 3.77. The number of nitrogens with one attached hydrogen (secondary N) is 2. The Bertz CT molecular complexity index is 494. The van der Waals surface area contributed by atoms with Crippen LogP contribution in [-0.2, 0) is 4.79 Å². The van der Waals surface area contributed by atoms with Crippen LogP contribution in [0.15, 0.2) is 22.7 Å². The third-order valence-corrected chi connectivity index (χ3v) is 4.83. The van der Waals surface area contributed by atoms with Gasteiger partial charge in [0, 0.05) is 11.8 Å². The van der Waals surface area contributed by atoms with Gasteiger partial charge in [-0.3, -0.25) is 4.79 Å². The van der Waals surface area contributed by atoms with Crippen LogP contribution < -0.4 is 15.4 Å². The summed E-state index contributed by atoms with van der Waals surface area (Å²) < 4.78 is 6.16. The summed E-state index contributed by atoms with van der Waals surface area (Å²) in [6.45, 7) is 3.97. The molecule has 1 saturated heterocycles. The average Bonchev–Trinajstić information content (AvgIpc) is 2.50. The Morgan fingerprint density at radius 2 is 2.14 bits per heavy atom. The fraction of sp³-hybridized carbons (Fsp3) is 0.562. The van der Waals surface area contributed by atoms with Crippen LogP contribution >= 0.6 is 15.9 Å². The zero-order valence-electron chi connectivity index (χ0n) is 12.7. The molecule has 1 fully saturated rings. The zero-order valence-corrected chi connectivity index (χ0v) is 14.3. The standard InChI is InChI=1S/C16H23BrN2O2/c1-3-6-16(7-9-18-10-8-16)15(20)19-12-4-5-13(17)14(11-12)21-2/h4-5,11,18H,3,6-10H2,1-2H3,(H,19,20). The van der Waals surface area contributed by atoms with Crippen molar-refractivity contribution in [3.05, 3.63) is 22.7 Å². The topological polar surface area (TPSA) is 50.4 Å². The van der Waals surface area contributed by atoms with Crippen molar-refractivity contribution in [2.45, 2.75) is 32.6 Å². The SMILES string of the molecule is CCCC1(C(=O)Nc2ccc(Br)c(OC)c2)CCNCC1. The first-order valence-corrected chi connectivity index (χ1v) is 8.26. The molecule has 21 heavy (non-hydrogen) atoms. The van der Waals surface area contributed by atoms with Crippen LogP contribution in [-0.4, -0.2) is 26.1 Å². The summed E-state index contributed by atoms with van der Waals surface area (Å²) in [5.74, 6) is 0.859. The third-order valence-electron chi connectivity index (χ3n) is 4.18. The van der Waals surface area contributed by atoms with E-state index < -0.39 is 0 Å². The van der Waals surface area contributed by atoms with E-state index in [0.717, 1.165) is 54.7 Å². The van der Waals surface area contributed by atoms with Crippen LogP contribution in [0.1, 0.15) is 32.6 Å². The van der Waals surface area contributed by atoms with Gasteiger partial charge in [0.05, 0.1) is 17.0 Å². The first kappa shape index (κ1) is 16.3. The van der Waals surface area contributed by atoms with Gasteiger partial charge in [-0.25, -0.2) is 0 Å². The van der Waals surface area contributed by atoms with E-state index in [-0.39, 0.29) is 11.3 Å². The minimum absolute atomic E-state index is 0.134. The molecule has 116 valence electrons. The monoisotopic (exact) mass is 354 g/mol. The van der Waals surface area contributed by atoms with Crippen molar-refractivity contribution < 1.29 is 9.53 Å². The van der Waals surface area contributed by atoms with Crippen LogP contribution in [0.2, 0.25) is 0 Å². The molecule has 0 saturated carbocycles. The molecule has 1 aliphatic heterocycles. The second-order valence-electron chi connectivity index (χ2n) is 5.58. The number of methoxy groups -OCH3 is 1. The van der Waals surface area contributed by atoms with E-state index in [0.29, 0.717) is 0 Å². The fourth-order valence-electron chi connectivity index (χ4n) is 2.98. The Morgan fingerprint density at radius 3 is 2.76 bits per heavy atom. The average molecular weight is 355 g/mol. The van der Waals surface area contributed by atoms with Crippen molar-refractivity contribution >= 4 is 27.5 Å². The van der Waals surface area contributed by atoms with Gasteiger partial charge in [-0.2, -0.15) is 0 Å². The Balaban J connectivity index is 2.15. The molecular formula is C16H23BrN2O2. The lowest BCUT2D eigenvalue weighted by Gasteiger charge is -2.36. The quantitative estimate of drug-likeness (QED) is 0.849. The van der Waals surface area contributed by atoms with Gasteiger partial charge < -0.3 is 15.4 Å². The Kier molecular flexibility index (Phi) is 5.65. The van der Waals surface area contributed by atoms with Crippen molar-refractivity contribution in [2.75, 3.05) is 25.5 Å². The molecule has 0 spiro atoms. The molecule has 2 rings (SSSR count). The Morgan fingerprint density at radius 1 is 1.43 bits per heavy atom. The highest BCUT2D eigenvalue weighted by Crippen LogP contribution is 2.36. The van der Waals surface area contributed by atoms with Crippen molar-refractivity contribution in [2.24, 2.45) is 5.41 Å². The van der Waals surface area contributed by atoms with Crippen LogP contribution in [0, 0.1) is 5.41 Å². The molecule has 4 nitrogen and oxygen atoms in total. The van der Waals surface area contributed by atoms with Crippen LogP contribution in [0.5, 0.6) is 5.75 Å². The molecular weight excluding hydrogens is 332 g/mol. The van der Waals surface area contributed by atoms with Gasteiger partial charge in [0.25, 0.3) is 0 Å². The molecule has 0 atom stereocenters. The number of anilines is 1. The van der Waals surface area contributed by atoms with E-state index in [1.54, 1.807) is 7.11 Å². The lowest BCUT2D eigenvalue weighted by Crippen LogP contribution is -2.44. The third kappa shape index (κ3) is 3.77. The number of carbonyl (C=O) groups excluding carboxylic acids is 1. The first-order chi connectivity index (χ1) is 10.1. The van der Waals surface area contributed by atoms with Crippen molar-refractivity contribution in [1.29, 1.82) is 0 Å². The van der Waals surface area contributed by atoms with Gasteiger partial charge in [-0.15, -0.1) is 0 Å². The normalized spacial score (nSPS) is 17.3. The molecule has 1 aliphatic rings. The van der Waals surface area contributed by atoms with E-state index in [4.69, 9.17) is 4.74 Å². The number of carbonyl (C=O) groups is 1. The van der Waals surface area contributed by atoms with Gasteiger partial charge in [-0.1, -0.05) is 13.3 Å². The lowest BCUT2D eigenvalue weighted by molar-refractivity contribution is -0.127. The summed E-state index contributed by atoms with van der Waals surface area (Å²) in [4.78, 5) is 12.8. The summed E-state index contributed by atoms with van der Waals surface area (Å²) in [6, 6.07) is 5.64. The maximum absolute atomic E-state index is 12.8. The Hall–Kier alpha value is -1.07. The van der Waals surface area contributed by atoms with Crippen LogP contribution in [0.3, 0.4) is 0 Å². The largest absolute Gasteiger partial charge is 0.495 e. The van der Waals surface area contributed by atoms with Gasteiger partial charge >= 0.3 is 0 Å². The number of piperidine rings is 1. The molecule has 2 N–H and O–H groups in total. The number of ether oxygens (including phenoxy) is 1. The molecule has 1 aromatic carbocycles.